The smallest absolute Gasteiger partial charge is 0.247 e. The SMILES string of the molecule is C=CCN(Cc1ccccc1)C(=O)[C@@H]1[C@@H]2CCC3(S2)C(C(=O)N(CC=C)C(C)C)N(CCCCO)C(=O)[C@H]13. The van der Waals surface area contributed by atoms with Crippen molar-refractivity contribution in [2.75, 3.05) is 26.2 Å². The van der Waals surface area contributed by atoms with Crippen molar-refractivity contribution in [3.63, 3.8) is 0 Å². The number of likely N-dealkylation sites (tertiary alicyclic amines) is 1. The number of unbranched alkanes of at least 4 members (excludes halogenated alkanes) is 1. The van der Waals surface area contributed by atoms with Gasteiger partial charge in [0.05, 0.1) is 16.6 Å². The Morgan fingerprint density at radius 2 is 1.87 bits per heavy atom. The van der Waals surface area contributed by atoms with Gasteiger partial charge in [-0.25, -0.2) is 0 Å². The monoisotopic (exact) mass is 539 g/mol. The Morgan fingerprint density at radius 3 is 2.50 bits per heavy atom. The number of amides is 3. The van der Waals surface area contributed by atoms with Gasteiger partial charge >= 0.3 is 0 Å². The molecule has 2 unspecified atom stereocenters. The number of carbonyl (C=O) groups is 3. The molecule has 0 saturated carbocycles. The Hall–Kier alpha value is -2.58. The summed E-state index contributed by atoms with van der Waals surface area (Å²) in [5, 5.41) is 9.39. The first-order valence-corrected chi connectivity index (χ1v) is 14.6. The fourth-order valence-electron chi connectivity index (χ4n) is 6.60. The van der Waals surface area contributed by atoms with Crippen LogP contribution in [0.3, 0.4) is 0 Å². The van der Waals surface area contributed by atoms with E-state index in [-0.39, 0.29) is 35.6 Å². The molecule has 8 heteroatoms. The van der Waals surface area contributed by atoms with Crippen LogP contribution in [-0.4, -0.2) is 85.8 Å². The summed E-state index contributed by atoms with van der Waals surface area (Å²) >= 11 is 1.70. The Balaban J connectivity index is 1.69. The van der Waals surface area contributed by atoms with Gasteiger partial charge in [-0.05, 0) is 45.1 Å². The van der Waals surface area contributed by atoms with E-state index in [0.717, 1.165) is 18.4 Å². The number of hydrogen-bond donors (Lipinski definition) is 1. The third-order valence-electron chi connectivity index (χ3n) is 8.24. The van der Waals surface area contributed by atoms with Gasteiger partial charge in [0, 0.05) is 44.1 Å². The second-order valence-corrected chi connectivity index (χ2v) is 12.5. The van der Waals surface area contributed by atoms with Gasteiger partial charge in [-0.3, -0.25) is 14.4 Å². The minimum Gasteiger partial charge on any atom is -0.396 e. The third-order valence-corrected chi connectivity index (χ3v) is 10.2. The minimum atomic E-state index is -0.615. The highest BCUT2D eigenvalue weighted by molar-refractivity contribution is 8.02. The van der Waals surface area contributed by atoms with Gasteiger partial charge < -0.3 is 19.8 Å². The maximum Gasteiger partial charge on any atom is 0.247 e. The van der Waals surface area contributed by atoms with Gasteiger partial charge in [-0.1, -0.05) is 42.5 Å². The van der Waals surface area contributed by atoms with Crippen molar-refractivity contribution < 1.29 is 19.5 Å². The summed E-state index contributed by atoms with van der Waals surface area (Å²) in [5.74, 6) is -1.16. The van der Waals surface area contributed by atoms with Crippen LogP contribution >= 0.6 is 11.8 Å². The molecule has 5 atom stereocenters. The highest BCUT2D eigenvalue weighted by Crippen LogP contribution is 2.66. The standard InChI is InChI=1S/C30H41N3O4S/c1-5-16-31(20-22-12-8-7-9-13-22)27(35)24-23-14-15-30(38-23)25(24)28(36)33(18-10-11-19-34)26(30)29(37)32(17-6-2)21(3)4/h5-9,12-13,21,23-26,34H,1-2,10-11,14-20H2,3-4H3/t23-,24+,25-,26?,30?/m0/s1. The molecule has 3 amide bonds. The van der Waals surface area contributed by atoms with E-state index in [0.29, 0.717) is 39.0 Å². The fourth-order valence-corrected chi connectivity index (χ4v) is 8.81. The van der Waals surface area contributed by atoms with Crippen molar-refractivity contribution >= 4 is 29.5 Å². The van der Waals surface area contributed by atoms with E-state index < -0.39 is 22.6 Å². The Bertz CT molecular complexity index is 1050. The molecule has 1 spiro atoms. The summed E-state index contributed by atoms with van der Waals surface area (Å²) in [6, 6.07) is 9.21. The van der Waals surface area contributed by atoms with E-state index in [1.165, 1.54) is 0 Å². The molecule has 4 rings (SSSR count). The normalized spacial score (nSPS) is 27.5. The first-order chi connectivity index (χ1) is 18.3. The molecule has 206 valence electrons. The first-order valence-electron chi connectivity index (χ1n) is 13.7. The van der Waals surface area contributed by atoms with Crippen LogP contribution < -0.4 is 0 Å². The highest BCUT2D eigenvalue weighted by atomic mass is 32.2. The number of hydrogen-bond acceptors (Lipinski definition) is 5. The van der Waals surface area contributed by atoms with Crippen LogP contribution in [0.4, 0.5) is 0 Å². The van der Waals surface area contributed by atoms with E-state index in [1.54, 1.807) is 38.6 Å². The Labute approximate surface area is 230 Å². The molecule has 3 heterocycles. The zero-order valence-corrected chi connectivity index (χ0v) is 23.4. The van der Waals surface area contributed by atoms with E-state index in [2.05, 4.69) is 13.2 Å². The zero-order chi connectivity index (χ0) is 27.4. The topological polar surface area (TPSA) is 81.2 Å². The molecule has 1 N–H and O–H groups in total. The van der Waals surface area contributed by atoms with E-state index in [9.17, 15) is 19.5 Å². The number of fused-ring (bicyclic) bond motifs is 1. The van der Waals surface area contributed by atoms with Crippen LogP contribution in [0.1, 0.15) is 45.1 Å². The van der Waals surface area contributed by atoms with Crippen LogP contribution in [0.25, 0.3) is 0 Å². The van der Waals surface area contributed by atoms with Gasteiger partial charge in [0.15, 0.2) is 0 Å². The summed E-state index contributed by atoms with van der Waals surface area (Å²) < 4.78 is -0.612. The predicted octanol–water partition coefficient (Wildman–Crippen LogP) is 3.49. The quantitative estimate of drug-likeness (QED) is 0.307. The van der Waals surface area contributed by atoms with Crippen LogP contribution in [-0.2, 0) is 20.9 Å². The third kappa shape index (κ3) is 5.05. The van der Waals surface area contributed by atoms with E-state index >= 15 is 0 Å². The van der Waals surface area contributed by atoms with Crippen LogP contribution in [0, 0.1) is 11.8 Å². The van der Waals surface area contributed by atoms with Crippen LogP contribution in [0.2, 0.25) is 0 Å². The molecule has 0 radical (unpaired) electrons. The Kier molecular flexibility index (Phi) is 9.04. The molecule has 1 aromatic carbocycles. The summed E-state index contributed by atoms with van der Waals surface area (Å²) in [4.78, 5) is 47.8. The van der Waals surface area contributed by atoms with Crippen molar-refractivity contribution in [2.45, 2.75) is 68.2 Å². The lowest BCUT2D eigenvalue weighted by Gasteiger charge is -2.38. The van der Waals surface area contributed by atoms with Crippen molar-refractivity contribution in [1.29, 1.82) is 0 Å². The molecule has 3 fully saturated rings. The maximum atomic E-state index is 14.2. The molecule has 38 heavy (non-hydrogen) atoms. The number of nitrogens with zero attached hydrogens (tertiary/aromatic N) is 3. The lowest BCUT2D eigenvalue weighted by atomic mass is 9.70. The number of thioether (sulfide) groups is 1. The van der Waals surface area contributed by atoms with Crippen molar-refractivity contribution in [3.05, 3.63) is 61.2 Å². The van der Waals surface area contributed by atoms with Gasteiger partial charge in [0.1, 0.15) is 6.04 Å². The fraction of sp³-hybridized carbons (Fsp3) is 0.567. The second-order valence-electron chi connectivity index (χ2n) is 10.9. The number of aliphatic hydroxyl groups excluding tert-OH is 1. The first kappa shape index (κ1) is 28.4. The van der Waals surface area contributed by atoms with Gasteiger partial charge in [-0.15, -0.1) is 24.9 Å². The second kappa shape index (κ2) is 12.1. The van der Waals surface area contributed by atoms with Crippen molar-refractivity contribution in [2.24, 2.45) is 11.8 Å². The molecule has 3 saturated heterocycles. The minimum absolute atomic E-state index is 0.0151. The van der Waals surface area contributed by atoms with E-state index in [4.69, 9.17) is 0 Å². The highest BCUT2D eigenvalue weighted by Gasteiger charge is 2.74. The molecule has 3 aliphatic rings. The number of carbonyl (C=O) groups excluding carboxylic acids is 3. The molecule has 0 aromatic heterocycles. The zero-order valence-electron chi connectivity index (χ0n) is 22.6. The van der Waals surface area contributed by atoms with Gasteiger partial charge in [0.2, 0.25) is 17.7 Å². The molecule has 0 aliphatic carbocycles. The molecular weight excluding hydrogens is 498 g/mol. The molecular formula is C30H41N3O4S. The largest absolute Gasteiger partial charge is 0.396 e. The summed E-state index contributed by atoms with van der Waals surface area (Å²) in [6.07, 6.45) is 6.19. The van der Waals surface area contributed by atoms with Crippen LogP contribution in [0.15, 0.2) is 55.6 Å². The van der Waals surface area contributed by atoms with Crippen molar-refractivity contribution in [3.8, 4) is 0 Å². The average Bonchev–Trinajstić information content (AvgIpc) is 3.54. The summed E-state index contributed by atoms with van der Waals surface area (Å²) in [5.41, 5.74) is 1.03. The number of benzene rings is 1. The molecule has 2 bridgehead atoms. The lowest BCUT2D eigenvalue weighted by Crippen LogP contribution is -2.56. The van der Waals surface area contributed by atoms with E-state index in [1.807, 2.05) is 44.2 Å². The maximum absolute atomic E-state index is 14.2. The van der Waals surface area contributed by atoms with Gasteiger partial charge in [-0.2, -0.15) is 0 Å². The average molecular weight is 540 g/mol. The molecule has 1 aromatic rings. The van der Waals surface area contributed by atoms with Crippen LogP contribution in [0.5, 0.6) is 0 Å². The lowest BCUT2D eigenvalue weighted by molar-refractivity contribution is -0.145. The Morgan fingerprint density at radius 1 is 1.16 bits per heavy atom. The predicted molar refractivity (Wildman–Crippen MR) is 151 cm³/mol. The summed E-state index contributed by atoms with van der Waals surface area (Å²) in [6.45, 7) is 13.4. The number of aliphatic hydroxyl groups is 1. The molecule has 7 nitrogen and oxygen atoms in total. The summed E-state index contributed by atoms with van der Waals surface area (Å²) in [7, 11) is 0. The molecule has 3 aliphatic heterocycles. The number of rotatable bonds is 13. The van der Waals surface area contributed by atoms with Crippen molar-refractivity contribution in [1.82, 2.24) is 14.7 Å². The van der Waals surface area contributed by atoms with Gasteiger partial charge in [0.25, 0.3) is 0 Å².